The Hall–Kier alpha value is -1.38. The normalized spacial score (nSPS) is 12.4. The lowest BCUT2D eigenvalue weighted by Gasteiger charge is -2.11. The van der Waals surface area contributed by atoms with Crippen molar-refractivity contribution in [3.63, 3.8) is 0 Å². The summed E-state index contributed by atoms with van der Waals surface area (Å²) in [5.41, 5.74) is 0.880. The molecule has 3 heteroatoms. The fourth-order valence-electron chi connectivity index (χ4n) is 1.67. The maximum Gasteiger partial charge on any atom is 0.306 e. The first kappa shape index (κ1) is 12.7. The molecular weight excluding hydrogens is 207 g/mol. The smallest absolute Gasteiger partial charge is 0.306 e. The summed E-state index contributed by atoms with van der Waals surface area (Å²) in [6.07, 6.45) is 3.07. The molecule has 1 N–H and O–H groups in total. The van der Waals surface area contributed by atoms with Crippen molar-refractivity contribution in [1.29, 1.82) is 0 Å². The van der Waals surface area contributed by atoms with Crippen LogP contribution in [0.5, 0.6) is 0 Å². The van der Waals surface area contributed by atoms with Crippen LogP contribution >= 0.6 is 0 Å². The Balaban J connectivity index is 2.60. The van der Waals surface area contributed by atoms with Gasteiger partial charge in [-0.1, -0.05) is 31.9 Å². The lowest BCUT2D eigenvalue weighted by molar-refractivity contribution is -0.141. The van der Waals surface area contributed by atoms with Gasteiger partial charge in [0.1, 0.15) is 5.82 Å². The SMILES string of the molecule is CCCC[C@H](Cc1ccc(F)cc1)C(=O)O. The molecule has 1 rings (SSSR count). The zero-order valence-electron chi connectivity index (χ0n) is 9.45. The monoisotopic (exact) mass is 224 g/mol. The summed E-state index contributed by atoms with van der Waals surface area (Å²) in [5.74, 6) is -1.41. The highest BCUT2D eigenvalue weighted by Gasteiger charge is 2.17. The minimum atomic E-state index is -0.766. The van der Waals surface area contributed by atoms with Gasteiger partial charge in [0.2, 0.25) is 0 Å². The van der Waals surface area contributed by atoms with Crippen molar-refractivity contribution in [3.8, 4) is 0 Å². The van der Waals surface area contributed by atoms with E-state index in [2.05, 4.69) is 0 Å². The molecular formula is C13H17FO2. The number of rotatable bonds is 6. The van der Waals surface area contributed by atoms with Crippen molar-refractivity contribution in [1.82, 2.24) is 0 Å². The van der Waals surface area contributed by atoms with Gasteiger partial charge in [0, 0.05) is 0 Å². The van der Waals surface area contributed by atoms with Gasteiger partial charge in [-0.2, -0.15) is 0 Å². The topological polar surface area (TPSA) is 37.3 Å². The van der Waals surface area contributed by atoms with Gasteiger partial charge in [-0.15, -0.1) is 0 Å². The van der Waals surface area contributed by atoms with E-state index in [-0.39, 0.29) is 11.7 Å². The molecule has 2 nitrogen and oxygen atoms in total. The molecule has 0 radical (unpaired) electrons. The van der Waals surface area contributed by atoms with E-state index < -0.39 is 5.97 Å². The molecule has 0 aliphatic carbocycles. The largest absolute Gasteiger partial charge is 0.481 e. The number of carboxylic acids is 1. The molecule has 88 valence electrons. The highest BCUT2D eigenvalue weighted by molar-refractivity contribution is 5.70. The summed E-state index contributed by atoms with van der Waals surface area (Å²) in [6.45, 7) is 2.04. The Morgan fingerprint density at radius 3 is 2.50 bits per heavy atom. The quantitative estimate of drug-likeness (QED) is 0.805. The predicted octanol–water partition coefficient (Wildman–Crippen LogP) is 3.26. The Labute approximate surface area is 95.1 Å². The van der Waals surface area contributed by atoms with Crippen LogP contribution in [0.15, 0.2) is 24.3 Å². The van der Waals surface area contributed by atoms with E-state index in [1.54, 1.807) is 12.1 Å². The Morgan fingerprint density at radius 1 is 1.38 bits per heavy atom. The van der Waals surface area contributed by atoms with Crippen molar-refractivity contribution in [2.75, 3.05) is 0 Å². The van der Waals surface area contributed by atoms with Crippen LogP contribution in [0.3, 0.4) is 0 Å². The first-order chi connectivity index (χ1) is 7.63. The summed E-state index contributed by atoms with van der Waals surface area (Å²) in [7, 11) is 0. The van der Waals surface area contributed by atoms with Gasteiger partial charge < -0.3 is 5.11 Å². The lowest BCUT2D eigenvalue weighted by Crippen LogP contribution is -2.16. The summed E-state index contributed by atoms with van der Waals surface area (Å²) in [4.78, 5) is 11.0. The molecule has 0 aliphatic rings. The maximum absolute atomic E-state index is 12.7. The van der Waals surface area contributed by atoms with Crippen LogP contribution in [0.25, 0.3) is 0 Å². The molecule has 0 unspecified atom stereocenters. The standard InChI is InChI=1S/C13H17FO2/c1-2-3-4-11(13(15)16)9-10-5-7-12(14)8-6-10/h5-8,11H,2-4,9H2,1H3,(H,15,16)/t11-/m1/s1. The van der Waals surface area contributed by atoms with Crippen LogP contribution in [0.2, 0.25) is 0 Å². The molecule has 1 atom stereocenters. The average Bonchev–Trinajstić information content (AvgIpc) is 2.26. The zero-order chi connectivity index (χ0) is 12.0. The average molecular weight is 224 g/mol. The number of benzene rings is 1. The second-order valence-corrected chi connectivity index (χ2v) is 4.01. The van der Waals surface area contributed by atoms with E-state index in [1.807, 2.05) is 6.92 Å². The maximum atomic E-state index is 12.7. The molecule has 0 saturated heterocycles. The van der Waals surface area contributed by atoms with Crippen molar-refractivity contribution in [3.05, 3.63) is 35.6 Å². The molecule has 16 heavy (non-hydrogen) atoms. The van der Waals surface area contributed by atoms with Gasteiger partial charge in [-0.3, -0.25) is 4.79 Å². The Morgan fingerprint density at radius 2 is 2.00 bits per heavy atom. The van der Waals surface area contributed by atoms with Crippen LogP contribution in [0.4, 0.5) is 4.39 Å². The molecule has 0 amide bonds. The molecule has 0 heterocycles. The van der Waals surface area contributed by atoms with Crippen molar-refractivity contribution >= 4 is 5.97 Å². The molecule has 1 aromatic rings. The number of hydrogen-bond donors (Lipinski definition) is 1. The summed E-state index contributed by atoms with van der Waals surface area (Å²) in [5, 5.41) is 9.04. The van der Waals surface area contributed by atoms with Gasteiger partial charge in [0.05, 0.1) is 5.92 Å². The van der Waals surface area contributed by atoms with Crippen molar-refractivity contribution < 1.29 is 14.3 Å². The Bertz CT molecular complexity index is 332. The fourth-order valence-corrected chi connectivity index (χ4v) is 1.67. The van der Waals surface area contributed by atoms with Crippen LogP contribution in [-0.2, 0) is 11.2 Å². The van der Waals surface area contributed by atoms with Gasteiger partial charge in [0.25, 0.3) is 0 Å². The lowest BCUT2D eigenvalue weighted by atomic mass is 9.94. The predicted molar refractivity (Wildman–Crippen MR) is 60.8 cm³/mol. The number of aliphatic carboxylic acids is 1. The second kappa shape index (κ2) is 6.26. The van der Waals surface area contributed by atoms with E-state index in [0.29, 0.717) is 12.8 Å². The molecule has 0 aromatic heterocycles. The van der Waals surface area contributed by atoms with Crippen LogP contribution in [-0.4, -0.2) is 11.1 Å². The van der Waals surface area contributed by atoms with Gasteiger partial charge in [-0.25, -0.2) is 4.39 Å². The minimum absolute atomic E-state index is 0.288. The second-order valence-electron chi connectivity index (χ2n) is 4.01. The number of halogens is 1. The molecule has 0 spiro atoms. The fraction of sp³-hybridized carbons (Fsp3) is 0.462. The third kappa shape index (κ3) is 4.01. The van der Waals surface area contributed by atoms with Crippen molar-refractivity contribution in [2.45, 2.75) is 32.6 Å². The molecule has 1 aromatic carbocycles. The van der Waals surface area contributed by atoms with E-state index in [0.717, 1.165) is 18.4 Å². The zero-order valence-corrected chi connectivity index (χ0v) is 9.45. The van der Waals surface area contributed by atoms with E-state index >= 15 is 0 Å². The highest BCUT2D eigenvalue weighted by atomic mass is 19.1. The number of hydrogen-bond acceptors (Lipinski definition) is 1. The first-order valence-corrected chi connectivity index (χ1v) is 5.60. The molecule has 0 bridgehead atoms. The van der Waals surface area contributed by atoms with Gasteiger partial charge >= 0.3 is 5.97 Å². The molecule has 0 saturated carbocycles. The summed E-state index contributed by atoms with van der Waals surface area (Å²) >= 11 is 0. The van der Waals surface area contributed by atoms with Gasteiger partial charge in [-0.05, 0) is 30.5 Å². The third-order valence-corrected chi connectivity index (χ3v) is 2.65. The highest BCUT2D eigenvalue weighted by Crippen LogP contribution is 2.16. The van der Waals surface area contributed by atoms with Crippen LogP contribution in [0, 0.1) is 11.7 Å². The molecule has 0 fully saturated rings. The van der Waals surface area contributed by atoms with E-state index in [1.165, 1.54) is 12.1 Å². The van der Waals surface area contributed by atoms with Crippen molar-refractivity contribution in [2.24, 2.45) is 5.92 Å². The van der Waals surface area contributed by atoms with Gasteiger partial charge in [0.15, 0.2) is 0 Å². The summed E-state index contributed by atoms with van der Waals surface area (Å²) < 4.78 is 12.7. The molecule has 0 aliphatic heterocycles. The third-order valence-electron chi connectivity index (χ3n) is 2.65. The summed E-state index contributed by atoms with van der Waals surface area (Å²) in [6, 6.07) is 6.04. The van der Waals surface area contributed by atoms with Crippen LogP contribution in [0.1, 0.15) is 31.7 Å². The number of unbranched alkanes of at least 4 members (excludes halogenated alkanes) is 1. The van der Waals surface area contributed by atoms with Crippen LogP contribution < -0.4 is 0 Å². The first-order valence-electron chi connectivity index (χ1n) is 5.60. The number of carboxylic acid groups (broad SMARTS) is 1. The van der Waals surface area contributed by atoms with E-state index in [4.69, 9.17) is 5.11 Å². The van der Waals surface area contributed by atoms with E-state index in [9.17, 15) is 9.18 Å². The minimum Gasteiger partial charge on any atom is -0.481 e. The number of carbonyl (C=O) groups is 1. The Kier molecular flexibility index (Phi) is 4.96.